The molecule has 13 heavy (non-hydrogen) atoms. The van der Waals surface area contributed by atoms with E-state index in [1.165, 1.54) is 5.56 Å². The summed E-state index contributed by atoms with van der Waals surface area (Å²) in [6.07, 6.45) is 2.63. The summed E-state index contributed by atoms with van der Waals surface area (Å²) in [5.41, 5.74) is 2.29. The average Bonchev–Trinajstić information content (AvgIpc) is 2.25. The molecule has 0 radical (unpaired) electrons. The van der Waals surface area contributed by atoms with E-state index in [1.54, 1.807) is 0 Å². The third kappa shape index (κ3) is 3.43. The molecule has 0 spiro atoms. The van der Waals surface area contributed by atoms with Crippen molar-refractivity contribution in [2.24, 2.45) is 0 Å². The average molecular weight is 178 g/mol. The Morgan fingerprint density at radius 3 is 2.85 bits per heavy atom. The zero-order valence-corrected chi connectivity index (χ0v) is 7.83. The first-order chi connectivity index (χ1) is 6.86. The molecule has 0 fully saturated rings. The van der Waals surface area contributed by atoms with Gasteiger partial charge in [-0.2, -0.15) is 0 Å². The summed E-state index contributed by atoms with van der Waals surface area (Å²) in [4.78, 5) is 0. The van der Waals surface area contributed by atoms with Crippen LogP contribution in [0.2, 0.25) is 0 Å². The molecule has 0 N–H and O–H groups in total. The molecule has 0 aromatic heterocycles. The Kier molecular flexibility index (Phi) is 3.63. The van der Waals surface area contributed by atoms with E-state index in [0.29, 0.717) is 20.1 Å². The second-order valence-electron chi connectivity index (χ2n) is 2.85. The molecule has 0 aliphatic carbocycles. The number of benzene rings is 1. The topological polar surface area (TPSA) is 9.23 Å². The first-order valence-electron chi connectivity index (χ1n) is 5.16. The Hall–Kier alpha value is -1.08. The molecule has 0 amide bonds. The lowest BCUT2D eigenvalue weighted by Gasteiger charge is -2.02. The summed E-state index contributed by atoms with van der Waals surface area (Å²) < 4.78 is 12.3. The van der Waals surface area contributed by atoms with Crippen molar-refractivity contribution in [3.05, 3.63) is 42.0 Å². The Morgan fingerprint density at radius 1 is 1.46 bits per heavy atom. The molecule has 1 heteroatoms. The van der Waals surface area contributed by atoms with Gasteiger partial charge in [-0.05, 0) is 17.5 Å². The van der Waals surface area contributed by atoms with Crippen molar-refractivity contribution < 1.29 is 6.11 Å². The van der Waals surface area contributed by atoms with Gasteiger partial charge in [-0.3, -0.25) is 0 Å². The van der Waals surface area contributed by atoms with Crippen LogP contribution in [0.5, 0.6) is 0 Å². The Labute approximate surface area is 81.4 Å². The zero-order chi connectivity index (χ0) is 10.2. The number of hydrogen-bond acceptors (Lipinski definition) is 1. The number of rotatable bonds is 5. The monoisotopic (exact) mass is 178 g/mol. The quantitative estimate of drug-likeness (QED) is 0.629. The molecule has 0 saturated heterocycles. The minimum atomic E-state index is 0.440. The standard InChI is InChI=1S/C12H16O/c1-3-9-13-10-12-7-5-11(4-2)6-8-12/h4-8H,2-3,9-10H2,1H3/i1T. The summed E-state index contributed by atoms with van der Waals surface area (Å²) in [6, 6.07) is 8.13. The van der Waals surface area contributed by atoms with Crippen LogP contribution in [0.15, 0.2) is 30.8 Å². The molecule has 0 saturated carbocycles. The molecule has 0 aliphatic heterocycles. The van der Waals surface area contributed by atoms with E-state index in [1.807, 2.05) is 30.3 Å². The first-order valence-corrected chi connectivity index (χ1v) is 4.45. The van der Waals surface area contributed by atoms with Crippen LogP contribution in [-0.4, -0.2) is 6.61 Å². The maximum Gasteiger partial charge on any atom is 0.0716 e. The second-order valence-corrected chi connectivity index (χ2v) is 2.85. The lowest BCUT2D eigenvalue weighted by atomic mass is 10.1. The van der Waals surface area contributed by atoms with Gasteiger partial charge in [-0.25, -0.2) is 0 Å². The second kappa shape index (κ2) is 5.55. The SMILES string of the molecule is [3H]CCCOCc1ccc(C=C)cc1. The van der Waals surface area contributed by atoms with Crippen LogP contribution in [0, 0.1) is 0 Å². The lowest BCUT2D eigenvalue weighted by molar-refractivity contribution is 0.121. The summed E-state index contributed by atoms with van der Waals surface area (Å²) in [5, 5.41) is 0. The van der Waals surface area contributed by atoms with Crippen LogP contribution < -0.4 is 0 Å². The molecule has 0 heterocycles. The van der Waals surface area contributed by atoms with Gasteiger partial charge in [-0.15, -0.1) is 0 Å². The van der Waals surface area contributed by atoms with E-state index in [9.17, 15) is 0 Å². The predicted octanol–water partition coefficient (Wildman–Crippen LogP) is 3.26. The molecule has 0 atom stereocenters. The van der Waals surface area contributed by atoms with E-state index in [4.69, 9.17) is 6.11 Å². The smallest absolute Gasteiger partial charge is 0.0716 e. The third-order valence-corrected chi connectivity index (χ3v) is 1.77. The molecule has 1 nitrogen and oxygen atoms in total. The summed E-state index contributed by atoms with van der Waals surface area (Å²) >= 11 is 0. The van der Waals surface area contributed by atoms with Crippen LogP contribution in [-0.2, 0) is 11.3 Å². The number of ether oxygens (including phenoxy) is 1. The predicted molar refractivity (Wildman–Crippen MR) is 56.5 cm³/mol. The van der Waals surface area contributed by atoms with E-state index in [2.05, 4.69) is 6.58 Å². The van der Waals surface area contributed by atoms with Gasteiger partial charge in [-0.1, -0.05) is 43.8 Å². The normalized spacial score (nSPS) is 10.9. The lowest BCUT2D eigenvalue weighted by Crippen LogP contribution is -1.93. The minimum Gasteiger partial charge on any atom is -0.377 e. The highest BCUT2D eigenvalue weighted by molar-refractivity contribution is 5.47. The minimum absolute atomic E-state index is 0.440. The molecule has 1 aromatic rings. The van der Waals surface area contributed by atoms with Crippen LogP contribution in [0.4, 0.5) is 0 Å². The van der Waals surface area contributed by atoms with Crippen LogP contribution >= 0.6 is 0 Å². The van der Waals surface area contributed by atoms with Gasteiger partial charge in [0.1, 0.15) is 0 Å². The molecule has 0 aliphatic rings. The summed E-state index contributed by atoms with van der Waals surface area (Å²) in [7, 11) is 0. The van der Waals surface area contributed by atoms with Crippen molar-refractivity contribution in [1.82, 2.24) is 0 Å². The summed E-state index contributed by atoms with van der Waals surface area (Å²) in [5.74, 6) is 0. The molecular formula is C12H16O. The van der Waals surface area contributed by atoms with Crippen molar-refractivity contribution >= 4 is 6.08 Å². The fourth-order valence-corrected chi connectivity index (χ4v) is 1.04. The zero-order valence-electron chi connectivity index (χ0n) is 8.83. The van der Waals surface area contributed by atoms with Gasteiger partial charge >= 0.3 is 0 Å². The van der Waals surface area contributed by atoms with Crippen molar-refractivity contribution in [3.8, 4) is 0 Å². The van der Waals surface area contributed by atoms with E-state index < -0.39 is 0 Å². The van der Waals surface area contributed by atoms with E-state index >= 15 is 0 Å². The van der Waals surface area contributed by atoms with E-state index in [-0.39, 0.29) is 0 Å². The van der Waals surface area contributed by atoms with Crippen molar-refractivity contribution in [1.29, 1.82) is 0 Å². The van der Waals surface area contributed by atoms with Crippen molar-refractivity contribution in [3.63, 3.8) is 0 Å². The Balaban J connectivity index is 2.32. The molecule has 1 aromatic carbocycles. The highest BCUT2D eigenvalue weighted by Crippen LogP contribution is 2.06. The van der Waals surface area contributed by atoms with Gasteiger partial charge in [0.2, 0.25) is 0 Å². The third-order valence-electron chi connectivity index (χ3n) is 1.77. The highest BCUT2D eigenvalue weighted by atomic mass is 16.5. The van der Waals surface area contributed by atoms with Gasteiger partial charge < -0.3 is 4.74 Å². The van der Waals surface area contributed by atoms with Gasteiger partial charge in [0.05, 0.1) is 6.61 Å². The molecule has 70 valence electrons. The van der Waals surface area contributed by atoms with E-state index in [0.717, 1.165) is 12.0 Å². The van der Waals surface area contributed by atoms with Gasteiger partial charge in [0, 0.05) is 7.98 Å². The van der Waals surface area contributed by atoms with Crippen LogP contribution in [0.3, 0.4) is 0 Å². The molecule has 1 rings (SSSR count). The Bertz CT molecular complexity index is 266. The molecule has 0 bridgehead atoms. The molecule has 0 unspecified atom stereocenters. The van der Waals surface area contributed by atoms with Crippen LogP contribution in [0.1, 0.15) is 25.8 Å². The van der Waals surface area contributed by atoms with Gasteiger partial charge in [0.15, 0.2) is 0 Å². The largest absolute Gasteiger partial charge is 0.377 e. The maximum atomic E-state index is 6.95. The Morgan fingerprint density at radius 2 is 2.23 bits per heavy atom. The highest BCUT2D eigenvalue weighted by Gasteiger charge is 1.91. The fraction of sp³-hybridized carbons (Fsp3) is 0.333. The van der Waals surface area contributed by atoms with Crippen LogP contribution in [0.25, 0.3) is 6.08 Å². The van der Waals surface area contributed by atoms with Crippen molar-refractivity contribution in [2.75, 3.05) is 6.61 Å². The first kappa shape index (κ1) is 8.52. The summed E-state index contributed by atoms with van der Waals surface area (Å²) in [6.45, 7) is 5.44. The maximum absolute atomic E-state index is 6.95. The van der Waals surface area contributed by atoms with Gasteiger partial charge in [0.25, 0.3) is 0 Å². The van der Waals surface area contributed by atoms with Crippen molar-refractivity contribution in [2.45, 2.75) is 19.9 Å². The number of hydrogen-bond donors (Lipinski definition) is 0. The fourth-order valence-electron chi connectivity index (χ4n) is 1.04. The molecular weight excluding hydrogens is 160 g/mol.